The summed E-state index contributed by atoms with van der Waals surface area (Å²) in [7, 11) is 1.68. The molecule has 2 aromatic rings. The summed E-state index contributed by atoms with van der Waals surface area (Å²) in [4.78, 5) is 18.4. The number of benzene rings is 1. The van der Waals surface area contributed by atoms with Gasteiger partial charge in [-0.1, -0.05) is 29.3 Å². The molecule has 21 heavy (non-hydrogen) atoms. The topological polar surface area (TPSA) is 59.2 Å². The lowest BCUT2D eigenvalue weighted by molar-refractivity contribution is 0.0783. The molecular formula is C15H15Cl2N3O. The van der Waals surface area contributed by atoms with Gasteiger partial charge in [0.05, 0.1) is 27.8 Å². The number of nitrogens with two attached hydrogens (primary N) is 1. The van der Waals surface area contributed by atoms with Gasteiger partial charge in [-0.2, -0.15) is 0 Å². The van der Waals surface area contributed by atoms with Crippen LogP contribution in [0.3, 0.4) is 0 Å². The molecule has 0 spiro atoms. The summed E-state index contributed by atoms with van der Waals surface area (Å²) in [6.07, 6.45) is 0. The molecule has 0 atom stereocenters. The summed E-state index contributed by atoms with van der Waals surface area (Å²) in [5.74, 6) is -0.252. The van der Waals surface area contributed by atoms with E-state index in [1.54, 1.807) is 7.05 Å². The largest absolute Gasteiger partial charge is 0.399 e. The van der Waals surface area contributed by atoms with Gasteiger partial charge in [-0.3, -0.25) is 9.78 Å². The van der Waals surface area contributed by atoms with Gasteiger partial charge in [-0.15, -0.1) is 0 Å². The van der Waals surface area contributed by atoms with Crippen molar-refractivity contribution in [2.75, 3.05) is 12.8 Å². The smallest absolute Gasteiger partial charge is 0.255 e. The molecule has 0 saturated carbocycles. The Balaban J connectivity index is 2.24. The lowest BCUT2D eigenvalue weighted by Gasteiger charge is -2.18. The van der Waals surface area contributed by atoms with Crippen LogP contribution < -0.4 is 5.73 Å². The summed E-state index contributed by atoms with van der Waals surface area (Å²) >= 11 is 12.0. The van der Waals surface area contributed by atoms with Gasteiger partial charge in [0.25, 0.3) is 5.91 Å². The third kappa shape index (κ3) is 3.65. The second kappa shape index (κ2) is 6.33. The van der Waals surface area contributed by atoms with Crippen molar-refractivity contribution in [1.29, 1.82) is 0 Å². The van der Waals surface area contributed by atoms with Gasteiger partial charge in [-0.25, -0.2) is 0 Å². The van der Waals surface area contributed by atoms with Crippen LogP contribution in [0.25, 0.3) is 0 Å². The summed E-state index contributed by atoms with van der Waals surface area (Å²) in [5.41, 5.74) is 8.10. The molecule has 0 fully saturated rings. The van der Waals surface area contributed by atoms with E-state index in [0.717, 1.165) is 11.4 Å². The number of aromatic nitrogens is 1. The molecule has 0 aliphatic carbocycles. The molecular weight excluding hydrogens is 309 g/mol. The number of pyridine rings is 1. The van der Waals surface area contributed by atoms with Gasteiger partial charge in [0.15, 0.2) is 0 Å². The Hall–Kier alpha value is -1.78. The maximum atomic E-state index is 12.5. The fraction of sp³-hybridized carbons (Fsp3) is 0.200. The van der Waals surface area contributed by atoms with E-state index in [0.29, 0.717) is 12.2 Å². The Morgan fingerprint density at radius 3 is 2.71 bits per heavy atom. The van der Waals surface area contributed by atoms with Crippen molar-refractivity contribution in [3.63, 3.8) is 0 Å². The quantitative estimate of drug-likeness (QED) is 0.879. The Bertz CT molecular complexity index is 689. The predicted molar refractivity (Wildman–Crippen MR) is 85.6 cm³/mol. The van der Waals surface area contributed by atoms with E-state index in [2.05, 4.69) is 4.98 Å². The van der Waals surface area contributed by atoms with Crippen molar-refractivity contribution in [2.24, 2.45) is 0 Å². The summed E-state index contributed by atoms with van der Waals surface area (Å²) in [6.45, 7) is 2.28. The first-order valence-electron chi connectivity index (χ1n) is 6.31. The zero-order chi connectivity index (χ0) is 15.6. The Morgan fingerprint density at radius 2 is 2.05 bits per heavy atom. The average Bonchev–Trinajstić information content (AvgIpc) is 2.42. The number of rotatable bonds is 3. The molecule has 0 unspecified atom stereocenters. The van der Waals surface area contributed by atoms with E-state index in [-0.39, 0.29) is 21.5 Å². The highest BCUT2D eigenvalue weighted by Crippen LogP contribution is 2.29. The summed E-state index contributed by atoms with van der Waals surface area (Å²) < 4.78 is 0. The summed E-state index contributed by atoms with van der Waals surface area (Å²) in [5, 5.41) is 0.474. The first kappa shape index (κ1) is 15.6. The van der Waals surface area contributed by atoms with Crippen molar-refractivity contribution < 1.29 is 4.79 Å². The van der Waals surface area contributed by atoms with Crippen molar-refractivity contribution in [1.82, 2.24) is 9.88 Å². The number of carbonyl (C=O) groups is 1. The minimum absolute atomic E-state index is 0.208. The molecule has 1 aromatic heterocycles. The van der Waals surface area contributed by atoms with E-state index in [4.69, 9.17) is 28.9 Å². The van der Waals surface area contributed by atoms with Crippen LogP contribution >= 0.6 is 23.2 Å². The number of halogens is 2. The van der Waals surface area contributed by atoms with E-state index < -0.39 is 0 Å². The van der Waals surface area contributed by atoms with Crippen LogP contribution in [0.5, 0.6) is 0 Å². The maximum Gasteiger partial charge on any atom is 0.255 e. The fourth-order valence-electron chi connectivity index (χ4n) is 1.97. The second-order valence-corrected chi connectivity index (χ2v) is 5.58. The number of aryl methyl sites for hydroxylation is 1. The van der Waals surface area contributed by atoms with Crippen molar-refractivity contribution in [2.45, 2.75) is 13.5 Å². The standard InChI is InChI=1S/C15H15Cl2N3O/c1-9-4-3-5-11(19-9)8-20(2)15(21)12-6-10(18)7-13(16)14(12)17/h3-7H,8,18H2,1-2H3. The first-order valence-corrected chi connectivity index (χ1v) is 7.06. The number of hydrogen-bond acceptors (Lipinski definition) is 3. The molecule has 0 bridgehead atoms. The molecule has 0 aliphatic rings. The van der Waals surface area contributed by atoms with Gasteiger partial charge in [-0.05, 0) is 31.2 Å². The van der Waals surface area contributed by atoms with Crippen LogP contribution in [0.2, 0.25) is 10.0 Å². The van der Waals surface area contributed by atoms with Gasteiger partial charge in [0, 0.05) is 18.4 Å². The third-order valence-electron chi connectivity index (χ3n) is 2.97. The van der Waals surface area contributed by atoms with E-state index in [1.807, 2.05) is 25.1 Å². The molecule has 0 saturated heterocycles. The lowest BCUT2D eigenvalue weighted by Crippen LogP contribution is -2.27. The second-order valence-electron chi connectivity index (χ2n) is 4.80. The zero-order valence-electron chi connectivity index (χ0n) is 11.7. The van der Waals surface area contributed by atoms with Gasteiger partial charge in [0.2, 0.25) is 0 Å². The van der Waals surface area contributed by atoms with E-state index in [9.17, 15) is 4.79 Å². The zero-order valence-corrected chi connectivity index (χ0v) is 13.2. The monoisotopic (exact) mass is 323 g/mol. The highest BCUT2D eigenvalue weighted by Gasteiger charge is 2.18. The van der Waals surface area contributed by atoms with E-state index >= 15 is 0 Å². The third-order valence-corrected chi connectivity index (χ3v) is 3.77. The number of amides is 1. The molecule has 1 heterocycles. The van der Waals surface area contributed by atoms with Crippen LogP contribution in [-0.4, -0.2) is 22.8 Å². The normalized spacial score (nSPS) is 10.5. The number of anilines is 1. The molecule has 0 radical (unpaired) electrons. The highest BCUT2D eigenvalue weighted by atomic mass is 35.5. The molecule has 2 N–H and O–H groups in total. The molecule has 2 rings (SSSR count). The van der Waals surface area contributed by atoms with E-state index in [1.165, 1.54) is 17.0 Å². The number of nitrogens with zero attached hydrogens (tertiary/aromatic N) is 2. The van der Waals surface area contributed by atoms with Gasteiger partial charge < -0.3 is 10.6 Å². The van der Waals surface area contributed by atoms with Crippen LogP contribution in [0.4, 0.5) is 5.69 Å². The molecule has 6 heteroatoms. The fourth-order valence-corrected chi connectivity index (χ4v) is 2.39. The summed E-state index contributed by atoms with van der Waals surface area (Å²) in [6, 6.07) is 8.71. The molecule has 4 nitrogen and oxygen atoms in total. The predicted octanol–water partition coefficient (Wildman–Crippen LogP) is 3.55. The molecule has 1 aromatic carbocycles. The van der Waals surface area contributed by atoms with Crippen LogP contribution in [0.1, 0.15) is 21.7 Å². The highest BCUT2D eigenvalue weighted by molar-refractivity contribution is 6.44. The minimum Gasteiger partial charge on any atom is -0.399 e. The maximum absolute atomic E-state index is 12.5. The lowest BCUT2D eigenvalue weighted by atomic mass is 10.1. The Morgan fingerprint density at radius 1 is 1.33 bits per heavy atom. The van der Waals surface area contributed by atoms with Crippen molar-refractivity contribution in [3.8, 4) is 0 Å². The molecule has 0 aliphatic heterocycles. The van der Waals surface area contributed by atoms with Crippen molar-refractivity contribution in [3.05, 3.63) is 57.3 Å². The van der Waals surface area contributed by atoms with Gasteiger partial charge in [0.1, 0.15) is 0 Å². The number of carbonyl (C=O) groups excluding carboxylic acids is 1. The minimum atomic E-state index is -0.252. The SMILES string of the molecule is Cc1cccc(CN(C)C(=O)c2cc(N)cc(Cl)c2Cl)n1. The van der Waals surface area contributed by atoms with Crippen LogP contribution in [0.15, 0.2) is 30.3 Å². The molecule has 110 valence electrons. The average molecular weight is 324 g/mol. The Labute approximate surface area is 133 Å². The number of nitrogen functional groups attached to an aromatic ring is 1. The van der Waals surface area contributed by atoms with Crippen LogP contribution in [0, 0.1) is 6.92 Å². The van der Waals surface area contributed by atoms with Crippen LogP contribution in [-0.2, 0) is 6.54 Å². The first-order chi connectivity index (χ1) is 9.88. The molecule has 1 amide bonds. The van der Waals surface area contributed by atoms with Crippen molar-refractivity contribution >= 4 is 34.8 Å². The Kier molecular flexibility index (Phi) is 4.70. The number of hydrogen-bond donors (Lipinski definition) is 1. The van der Waals surface area contributed by atoms with Gasteiger partial charge >= 0.3 is 0 Å².